The zero-order valence-corrected chi connectivity index (χ0v) is 11.2. The molecule has 3 rings (SSSR count). The quantitative estimate of drug-likeness (QED) is 0.854. The number of hydrogen-bond donors (Lipinski definition) is 1. The normalized spacial score (nSPS) is 15.2. The van der Waals surface area contributed by atoms with Crippen LogP contribution in [0.1, 0.15) is 11.1 Å². The van der Waals surface area contributed by atoms with Gasteiger partial charge in [-0.2, -0.15) is 0 Å². The molecule has 0 bridgehead atoms. The topological polar surface area (TPSA) is 38.5 Å². The number of nitrogens with two attached hydrogens (primary N) is 1. The summed E-state index contributed by atoms with van der Waals surface area (Å²) in [5, 5.41) is 0. The van der Waals surface area contributed by atoms with Crippen LogP contribution in [0.25, 0.3) is 0 Å². The van der Waals surface area contributed by atoms with Crippen molar-refractivity contribution >= 4 is 5.69 Å². The number of rotatable bonds is 2. The lowest BCUT2D eigenvalue weighted by Gasteiger charge is -2.19. The highest BCUT2D eigenvalue weighted by Gasteiger charge is 2.16. The Bertz CT molecular complexity index is 615. The van der Waals surface area contributed by atoms with Crippen LogP contribution in [0.4, 0.5) is 10.1 Å². The third-order valence-electron chi connectivity index (χ3n) is 3.50. The van der Waals surface area contributed by atoms with Gasteiger partial charge in [-0.05, 0) is 18.2 Å². The van der Waals surface area contributed by atoms with Crippen molar-refractivity contribution in [3.63, 3.8) is 0 Å². The van der Waals surface area contributed by atoms with Gasteiger partial charge in [0.15, 0.2) is 0 Å². The summed E-state index contributed by atoms with van der Waals surface area (Å²) in [5.74, 6) is 0.677. The van der Waals surface area contributed by atoms with Crippen molar-refractivity contribution in [2.45, 2.75) is 13.1 Å². The molecule has 4 heteroatoms. The second-order valence-electron chi connectivity index (χ2n) is 5.02. The first-order valence-electron chi connectivity index (χ1n) is 6.69. The summed E-state index contributed by atoms with van der Waals surface area (Å²) >= 11 is 0. The number of ether oxygens (including phenoxy) is 1. The van der Waals surface area contributed by atoms with Crippen molar-refractivity contribution in [1.29, 1.82) is 0 Å². The summed E-state index contributed by atoms with van der Waals surface area (Å²) in [7, 11) is 0. The van der Waals surface area contributed by atoms with Gasteiger partial charge in [0.25, 0.3) is 0 Å². The zero-order chi connectivity index (χ0) is 13.9. The molecule has 0 fully saturated rings. The molecule has 0 unspecified atom stereocenters. The number of fused-ring (bicyclic) bond motifs is 1. The van der Waals surface area contributed by atoms with Gasteiger partial charge in [-0.3, -0.25) is 4.90 Å². The first-order chi connectivity index (χ1) is 9.72. The van der Waals surface area contributed by atoms with E-state index in [9.17, 15) is 4.39 Å². The lowest BCUT2D eigenvalue weighted by molar-refractivity contribution is 0.217. The molecule has 2 aromatic carbocycles. The summed E-state index contributed by atoms with van der Waals surface area (Å²) in [5.41, 5.74) is 7.83. The number of para-hydroxylation sites is 1. The van der Waals surface area contributed by atoms with E-state index in [4.69, 9.17) is 10.5 Å². The van der Waals surface area contributed by atoms with Crippen LogP contribution in [-0.2, 0) is 13.1 Å². The monoisotopic (exact) mass is 272 g/mol. The molecule has 20 heavy (non-hydrogen) atoms. The lowest BCUT2D eigenvalue weighted by atomic mass is 10.1. The summed E-state index contributed by atoms with van der Waals surface area (Å²) in [6, 6.07) is 12.8. The van der Waals surface area contributed by atoms with Gasteiger partial charge in [-0.15, -0.1) is 0 Å². The Kier molecular flexibility index (Phi) is 3.56. The fourth-order valence-corrected chi connectivity index (χ4v) is 2.45. The molecule has 104 valence electrons. The molecular weight excluding hydrogens is 255 g/mol. The van der Waals surface area contributed by atoms with Crippen molar-refractivity contribution < 1.29 is 9.13 Å². The summed E-state index contributed by atoms with van der Waals surface area (Å²) < 4.78 is 19.6. The van der Waals surface area contributed by atoms with E-state index in [2.05, 4.69) is 4.90 Å². The van der Waals surface area contributed by atoms with Crippen LogP contribution in [0.2, 0.25) is 0 Å². The van der Waals surface area contributed by atoms with Gasteiger partial charge in [0.2, 0.25) is 0 Å². The van der Waals surface area contributed by atoms with E-state index >= 15 is 0 Å². The summed E-state index contributed by atoms with van der Waals surface area (Å²) in [4.78, 5) is 2.18. The van der Waals surface area contributed by atoms with E-state index < -0.39 is 0 Å². The second-order valence-corrected chi connectivity index (χ2v) is 5.02. The van der Waals surface area contributed by atoms with Crippen LogP contribution in [0.15, 0.2) is 42.5 Å². The number of benzene rings is 2. The number of anilines is 1. The van der Waals surface area contributed by atoms with Crippen molar-refractivity contribution in [3.8, 4) is 5.75 Å². The van der Waals surface area contributed by atoms with E-state index in [0.29, 0.717) is 24.4 Å². The Balaban J connectivity index is 1.78. The van der Waals surface area contributed by atoms with E-state index in [1.54, 1.807) is 12.1 Å². The van der Waals surface area contributed by atoms with Crippen molar-refractivity contribution in [2.24, 2.45) is 0 Å². The largest absolute Gasteiger partial charge is 0.492 e. The number of nitrogens with zero attached hydrogens (tertiary/aromatic N) is 1. The molecule has 1 aliphatic rings. The predicted octanol–water partition coefficient (Wildman–Crippen LogP) is 2.80. The maximum absolute atomic E-state index is 13.9. The molecule has 2 N–H and O–H groups in total. The fourth-order valence-electron chi connectivity index (χ4n) is 2.45. The third-order valence-corrected chi connectivity index (χ3v) is 3.50. The maximum Gasteiger partial charge on any atom is 0.129 e. The van der Waals surface area contributed by atoms with Gasteiger partial charge >= 0.3 is 0 Å². The minimum atomic E-state index is -0.247. The molecular formula is C16H17FN2O. The van der Waals surface area contributed by atoms with Crippen LogP contribution < -0.4 is 10.5 Å². The van der Waals surface area contributed by atoms with Gasteiger partial charge in [0.05, 0.1) is 0 Å². The number of nitrogen functional groups attached to an aromatic ring is 1. The fraction of sp³-hybridized carbons (Fsp3) is 0.250. The van der Waals surface area contributed by atoms with E-state index in [1.165, 1.54) is 6.07 Å². The zero-order valence-electron chi connectivity index (χ0n) is 11.2. The van der Waals surface area contributed by atoms with Gasteiger partial charge in [-0.1, -0.05) is 24.3 Å². The molecule has 3 nitrogen and oxygen atoms in total. The molecule has 0 aliphatic carbocycles. The van der Waals surface area contributed by atoms with Crippen molar-refractivity contribution in [2.75, 3.05) is 18.9 Å². The number of hydrogen-bond acceptors (Lipinski definition) is 3. The van der Waals surface area contributed by atoms with Crippen molar-refractivity contribution in [1.82, 2.24) is 4.90 Å². The molecule has 0 saturated carbocycles. The molecule has 1 aliphatic heterocycles. The van der Waals surface area contributed by atoms with Crippen LogP contribution in [0.3, 0.4) is 0 Å². The van der Waals surface area contributed by atoms with Crippen LogP contribution >= 0.6 is 0 Å². The summed E-state index contributed by atoms with van der Waals surface area (Å²) in [6.07, 6.45) is 0. The maximum atomic E-state index is 13.9. The molecule has 0 saturated heterocycles. The van der Waals surface area contributed by atoms with Gasteiger partial charge in [0.1, 0.15) is 18.2 Å². The number of halogens is 1. The summed E-state index contributed by atoms with van der Waals surface area (Å²) in [6.45, 7) is 2.72. The SMILES string of the molecule is Nc1ccc(CN2CCOc3ccccc3C2)c(F)c1. The Morgan fingerprint density at radius 2 is 2.05 bits per heavy atom. The standard InChI is InChI=1S/C16H17FN2O/c17-15-9-14(18)6-5-12(15)10-19-7-8-20-16-4-2-1-3-13(16)11-19/h1-6,9H,7-8,10-11,18H2. The average molecular weight is 272 g/mol. The van der Waals surface area contributed by atoms with Crippen molar-refractivity contribution in [3.05, 3.63) is 59.4 Å². The van der Waals surface area contributed by atoms with E-state index in [0.717, 1.165) is 24.4 Å². The Labute approximate surface area is 117 Å². The molecule has 0 amide bonds. The average Bonchev–Trinajstić information content (AvgIpc) is 2.63. The minimum Gasteiger partial charge on any atom is -0.492 e. The Morgan fingerprint density at radius 3 is 2.90 bits per heavy atom. The molecule has 0 atom stereocenters. The van der Waals surface area contributed by atoms with E-state index in [1.807, 2.05) is 24.3 Å². The van der Waals surface area contributed by atoms with Crippen LogP contribution in [0, 0.1) is 5.82 Å². The second kappa shape index (κ2) is 5.51. The first kappa shape index (κ1) is 12.9. The lowest BCUT2D eigenvalue weighted by Crippen LogP contribution is -2.25. The molecule has 0 spiro atoms. The first-order valence-corrected chi connectivity index (χ1v) is 6.69. The highest BCUT2D eigenvalue weighted by atomic mass is 19.1. The third kappa shape index (κ3) is 2.75. The van der Waals surface area contributed by atoms with E-state index in [-0.39, 0.29) is 5.82 Å². The van der Waals surface area contributed by atoms with Crippen LogP contribution in [0.5, 0.6) is 5.75 Å². The smallest absolute Gasteiger partial charge is 0.129 e. The molecule has 2 aromatic rings. The van der Waals surface area contributed by atoms with Crippen LogP contribution in [-0.4, -0.2) is 18.1 Å². The molecule has 1 heterocycles. The van der Waals surface area contributed by atoms with Gasteiger partial charge < -0.3 is 10.5 Å². The highest BCUT2D eigenvalue weighted by Crippen LogP contribution is 2.24. The minimum absolute atomic E-state index is 0.247. The van der Waals surface area contributed by atoms with Gasteiger partial charge in [0, 0.05) is 36.4 Å². The predicted molar refractivity (Wildman–Crippen MR) is 76.9 cm³/mol. The highest BCUT2D eigenvalue weighted by molar-refractivity contribution is 5.40. The van der Waals surface area contributed by atoms with Gasteiger partial charge in [-0.25, -0.2) is 4.39 Å². The molecule has 0 aromatic heterocycles. The Morgan fingerprint density at radius 1 is 1.20 bits per heavy atom. The molecule has 0 radical (unpaired) electrons. The Hall–Kier alpha value is -2.07.